The molecule has 0 atom stereocenters. The van der Waals surface area contributed by atoms with E-state index in [-0.39, 0.29) is 16.4 Å². The molecule has 0 saturated heterocycles. The van der Waals surface area contributed by atoms with Crippen LogP contribution >= 0.6 is 11.6 Å². The van der Waals surface area contributed by atoms with Crippen molar-refractivity contribution in [1.82, 2.24) is 30.3 Å². The molecule has 0 fully saturated rings. The van der Waals surface area contributed by atoms with Crippen molar-refractivity contribution in [3.63, 3.8) is 0 Å². The Kier molecular flexibility index (Phi) is 3.57. The van der Waals surface area contributed by atoms with Crippen molar-refractivity contribution in [3.05, 3.63) is 40.4 Å². The number of rotatable bonds is 3. The van der Waals surface area contributed by atoms with Crippen molar-refractivity contribution in [1.29, 1.82) is 0 Å². The molecule has 1 aliphatic rings. The maximum atomic E-state index is 12.5. The van der Waals surface area contributed by atoms with E-state index in [4.69, 9.17) is 15.7 Å². The van der Waals surface area contributed by atoms with Crippen molar-refractivity contribution in [2.45, 2.75) is 13.5 Å². The molecule has 9 nitrogen and oxygen atoms in total. The van der Waals surface area contributed by atoms with Crippen molar-refractivity contribution in [2.24, 2.45) is 7.05 Å². The summed E-state index contributed by atoms with van der Waals surface area (Å²) in [4.78, 5) is 24.5. The number of anilines is 3. The highest BCUT2D eigenvalue weighted by Gasteiger charge is 2.28. The number of carbonyl (C=O) groups excluding carboxylic acids is 1. The van der Waals surface area contributed by atoms with Gasteiger partial charge in [0.25, 0.3) is 5.91 Å². The van der Waals surface area contributed by atoms with Gasteiger partial charge in [-0.1, -0.05) is 11.6 Å². The third-order valence-corrected chi connectivity index (χ3v) is 4.62. The van der Waals surface area contributed by atoms with Gasteiger partial charge in [0.1, 0.15) is 16.5 Å². The lowest BCUT2D eigenvalue weighted by atomic mass is 10.0. The fraction of sp³-hybridized carbons (Fsp3) is 0.278. The zero-order valence-electron chi connectivity index (χ0n) is 18.4. The van der Waals surface area contributed by atoms with E-state index in [9.17, 15) is 4.79 Å². The Morgan fingerprint density at radius 1 is 1.32 bits per heavy atom. The Morgan fingerprint density at radius 3 is 2.93 bits per heavy atom. The third-order valence-electron chi connectivity index (χ3n) is 4.41. The first kappa shape index (κ1) is 14.8. The largest absolute Gasteiger partial charge is 0.365 e. The second-order valence-electron chi connectivity index (χ2n) is 6.48. The zero-order chi connectivity index (χ0) is 22.5. The average Bonchev–Trinajstić information content (AvgIpc) is 3.00. The molecule has 0 aliphatic carbocycles. The molecule has 10 heteroatoms. The summed E-state index contributed by atoms with van der Waals surface area (Å²) in [5.41, 5.74) is 4.25. The number of aromatic nitrogens is 5. The number of fused-ring (bicyclic) bond motifs is 3. The summed E-state index contributed by atoms with van der Waals surface area (Å²) in [6.07, 6.45) is 1.22. The van der Waals surface area contributed by atoms with E-state index >= 15 is 0 Å². The molecule has 4 rings (SSSR count). The molecule has 3 aromatic heterocycles. The molecule has 4 heterocycles. The van der Waals surface area contributed by atoms with Crippen LogP contribution in [0.2, 0.25) is 5.15 Å². The van der Waals surface area contributed by atoms with E-state index in [2.05, 4.69) is 25.5 Å². The van der Waals surface area contributed by atoms with Gasteiger partial charge in [0.15, 0.2) is 5.82 Å². The Hall–Kier alpha value is -3.20. The van der Waals surface area contributed by atoms with Crippen LogP contribution in [-0.2, 0) is 13.6 Å². The van der Waals surface area contributed by atoms with Crippen LogP contribution in [0.3, 0.4) is 0 Å². The highest BCUT2D eigenvalue weighted by atomic mass is 35.5. The number of nitrogens with one attached hydrogen (secondary N) is 2. The fourth-order valence-corrected chi connectivity index (χ4v) is 3.45. The molecule has 0 saturated carbocycles. The summed E-state index contributed by atoms with van der Waals surface area (Å²) in [7, 11) is 3.67. The van der Waals surface area contributed by atoms with E-state index in [0.717, 1.165) is 28.3 Å². The molecule has 0 spiro atoms. The van der Waals surface area contributed by atoms with E-state index in [1.807, 2.05) is 30.3 Å². The number of hydrogen-bond donors (Lipinski definition) is 2. The minimum atomic E-state index is -2.64. The molecule has 1 aliphatic heterocycles. The maximum absolute atomic E-state index is 12.5. The van der Waals surface area contributed by atoms with Gasteiger partial charge in [0.05, 0.1) is 23.5 Å². The molecule has 0 aromatic carbocycles. The van der Waals surface area contributed by atoms with Crippen LogP contribution < -0.4 is 15.5 Å². The van der Waals surface area contributed by atoms with Crippen LogP contribution in [0.5, 0.6) is 0 Å². The van der Waals surface area contributed by atoms with Gasteiger partial charge < -0.3 is 15.5 Å². The summed E-state index contributed by atoms with van der Waals surface area (Å²) < 4.78 is 21.9. The minimum Gasteiger partial charge on any atom is -0.365 e. The summed E-state index contributed by atoms with van der Waals surface area (Å²) in [6, 6.07) is 3.37. The number of halogens is 1. The SMILES string of the molecule is [2H]C([2H])([2H])NC(=O)c1cnc(Cl)cc1Nc1nc(C)cc2c1N(C)Cc1nn(C)nc1-2. The Bertz CT molecular complexity index is 1190. The van der Waals surface area contributed by atoms with Gasteiger partial charge in [-0.2, -0.15) is 15.0 Å². The lowest BCUT2D eigenvalue weighted by Crippen LogP contribution is -2.24. The van der Waals surface area contributed by atoms with Gasteiger partial charge in [0.2, 0.25) is 0 Å². The molecule has 3 aromatic rings. The van der Waals surface area contributed by atoms with Gasteiger partial charge in [0, 0.05) is 42.6 Å². The highest BCUT2D eigenvalue weighted by molar-refractivity contribution is 6.29. The first-order valence-electron chi connectivity index (χ1n) is 9.90. The highest BCUT2D eigenvalue weighted by Crippen LogP contribution is 2.42. The predicted octanol–water partition coefficient (Wildman–Crippen LogP) is 2.29. The van der Waals surface area contributed by atoms with Gasteiger partial charge in [-0.25, -0.2) is 9.97 Å². The number of amides is 1. The lowest BCUT2D eigenvalue weighted by Gasteiger charge is -2.28. The van der Waals surface area contributed by atoms with Crippen LogP contribution in [0.25, 0.3) is 11.3 Å². The Balaban J connectivity index is 1.81. The second kappa shape index (κ2) is 6.75. The Morgan fingerprint density at radius 2 is 2.14 bits per heavy atom. The quantitative estimate of drug-likeness (QED) is 0.649. The molecule has 2 N–H and O–H groups in total. The monoisotopic (exact) mass is 401 g/mol. The van der Waals surface area contributed by atoms with Crippen LogP contribution in [0, 0.1) is 6.92 Å². The smallest absolute Gasteiger partial charge is 0.254 e. The number of hydrogen-bond acceptors (Lipinski definition) is 7. The molecular weight excluding hydrogens is 380 g/mol. The number of nitrogens with zero attached hydrogens (tertiary/aromatic N) is 6. The molecule has 28 heavy (non-hydrogen) atoms. The summed E-state index contributed by atoms with van der Waals surface area (Å²) in [5.74, 6) is -0.336. The molecule has 0 radical (unpaired) electrons. The van der Waals surface area contributed by atoms with Gasteiger partial charge in [-0.05, 0) is 19.1 Å². The summed E-state index contributed by atoms with van der Waals surface area (Å²) >= 11 is 6.05. The summed E-state index contributed by atoms with van der Waals surface area (Å²) in [5, 5.41) is 14.1. The number of aryl methyl sites for hydroxylation is 2. The second-order valence-corrected chi connectivity index (χ2v) is 6.87. The lowest BCUT2D eigenvalue weighted by molar-refractivity contribution is 0.0963. The molecule has 0 bridgehead atoms. The van der Waals surface area contributed by atoms with E-state index in [1.54, 1.807) is 7.05 Å². The van der Waals surface area contributed by atoms with Crippen LogP contribution in [0.4, 0.5) is 17.2 Å². The van der Waals surface area contributed by atoms with Crippen molar-refractivity contribution in [3.8, 4) is 11.3 Å². The molecule has 144 valence electrons. The van der Waals surface area contributed by atoms with Gasteiger partial charge >= 0.3 is 0 Å². The van der Waals surface area contributed by atoms with Gasteiger partial charge in [-0.3, -0.25) is 4.79 Å². The fourth-order valence-electron chi connectivity index (χ4n) is 3.30. The van der Waals surface area contributed by atoms with E-state index in [0.29, 0.717) is 12.4 Å². The first-order valence-corrected chi connectivity index (χ1v) is 8.78. The molecular formula is C18H19ClN8O. The van der Waals surface area contributed by atoms with Crippen molar-refractivity contribution >= 4 is 34.7 Å². The normalized spacial score (nSPS) is 14.4. The van der Waals surface area contributed by atoms with Crippen LogP contribution in [-0.4, -0.2) is 44.9 Å². The maximum Gasteiger partial charge on any atom is 0.254 e. The average molecular weight is 402 g/mol. The van der Waals surface area contributed by atoms with E-state index in [1.165, 1.54) is 17.1 Å². The Labute approximate surface area is 171 Å². The van der Waals surface area contributed by atoms with Gasteiger partial charge in [-0.15, -0.1) is 0 Å². The van der Waals surface area contributed by atoms with Crippen LogP contribution in [0.1, 0.15) is 25.9 Å². The van der Waals surface area contributed by atoms with Crippen LogP contribution in [0.15, 0.2) is 18.3 Å². The van der Waals surface area contributed by atoms with Crippen molar-refractivity contribution in [2.75, 3.05) is 24.2 Å². The summed E-state index contributed by atoms with van der Waals surface area (Å²) in [6.45, 7) is -0.270. The number of pyridine rings is 2. The third kappa shape index (κ3) is 3.03. The minimum absolute atomic E-state index is 0.0243. The van der Waals surface area contributed by atoms with Crippen molar-refractivity contribution < 1.29 is 8.91 Å². The van der Waals surface area contributed by atoms with E-state index < -0.39 is 12.9 Å². The first-order chi connectivity index (χ1) is 14.5. The topological polar surface area (TPSA) is 101 Å². The number of carbonyl (C=O) groups is 1. The molecule has 1 amide bonds. The predicted molar refractivity (Wildman–Crippen MR) is 107 cm³/mol. The standard InChI is InChI=1S/C18H19ClN8O/c1-9-5-10-15-13(24-27(4)25-15)8-26(3)16(10)17(22-9)23-12-6-14(19)21-7-11(12)18(28)20-2/h5-7H,8H2,1-4H3,(H,20,28)(H,21,22,23)/i2D3. The molecule has 0 unspecified atom stereocenters. The zero-order valence-corrected chi connectivity index (χ0v) is 16.2.